The number of nitrogens with zero attached hydrogens (tertiary/aromatic N) is 4. The smallest absolute Gasteiger partial charge is 0.407 e. The highest BCUT2D eigenvalue weighted by Crippen LogP contribution is 2.32. The molecule has 2 aliphatic heterocycles. The molecule has 1 atom stereocenters. The van der Waals surface area contributed by atoms with Gasteiger partial charge in [0.2, 0.25) is 5.91 Å². The number of aliphatic imine (C=N–C) groups is 1. The van der Waals surface area contributed by atoms with Gasteiger partial charge in [0, 0.05) is 54.7 Å². The number of morpholine rings is 1. The summed E-state index contributed by atoms with van der Waals surface area (Å²) >= 11 is 0. The van der Waals surface area contributed by atoms with E-state index in [0.717, 1.165) is 47.9 Å². The monoisotopic (exact) mass is 734 g/mol. The third kappa shape index (κ3) is 10.7. The van der Waals surface area contributed by atoms with Crippen LogP contribution in [0.2, 0.25) is 0 Å². The average molecular weight is 735 g/mol. The number of nitrogens with one attached hydrogen (secondary N) is 2. The molecule has 0 radical (unpaired) electrons. The molecule has 0 bridgehead atoms. The van der Waals surface area contributed by atoms with Gasteiger partial charge in [0.15, 0.2) is 12.5 Å². The predicted molar refractivity (Wildman–Crippen MR) is 206 cm³/mol. The van der Waals surface area contributed by atoms with E-state index in [1.807, 2.05) is 98.5 Å². The highest BCUT2D eigenvalue weighted by molar-refractivity contribution is 6.01. The van der Waals surface area contributed by atoms with Crippen LogP contribution in [0.5, 0.6) is 0 Å². The zero-order chi connectivity index (χ0) is 38.1. The van der Waals surface area contributed by atoms with E-state index >= 15 is 0 Å². The first kappa shape index (κ1) is 38.5. The number of Topliss-reactive ketones (excluding diaryl/α,β-unsaturated/α-hetero) is 1. The van der Waals surface area contributed by atoms with Crippen LogP contribution in [0.3, 0.4) is 0 Å². The van der Waals surface area contributed by atoms with Gasteiger partial charge in [-0.15, -0.1) is 5.11 Å². The Morgan fingerprint density at radius 1 is 0.889 bits per heavy atom. The SMILES string of the molecule is CC(C)(C)OC(=O)NCC1CCC(C(=O)C[C@@H](Cc2ccc(-c3cccc(C(=O)N4CCOCC4)c3)cc2)C(=O)Nc2ccc(C3=NCN=N3)cc2)CC1. The highest BCUT2D eigenvalue weighted by Gasteiger charge is 2.31. The van der Waals surface area contributed by atoms with E-state index in [1.54, 1.807) is 0 Å². The molecular weight excluding hydrogens is 684 g/mol. The molecule has 2 N–H and O–H groups in total. The fourth-order valence-corrected chi connectivity index (χ4v) is 7.12. The average Bonchev–Trinajstić information content (AvgIpc) is 3.72. The van der Waals surface area contributed by atoms with Gasteiger partial charge in [-0.2, -0.15) is 5.11 Å². The lowest BCUT2D eigenvalue weighted by atomic mass is 9.77. The molecule has 0 unspecified atom stereocenters. The lowest BCUT2D eigenvalue weighted by Gasteiger charge is -2.29. The summed E-state index contributed by atoms with van der Waals surface area (Å²) < 4.78 is 10.8. The molecule has 12 nitrogen and oxygen atoms in total. The Morgan fingerprint density at radius 3 is 2.26 bits per heavy atom. The quantitative estimate of drug-likeness (QED) is 0.203. The number of carbonyl (C=O) groups excluding carboxylic acids is 4. The van der Waals surface area contributed by atoms with Crippen molar-refractivity contribution in [3.8, 4) is 11.1 Å². The van der Waals surface area contributed by atoms with Gasteiger partial charge >= 0.3 is 6.09 Å². The molecule has 6 rings (SSSR count). The Labute approximate surface area is 316 Å². The summed E-state index contributed by atoms with van der Waals surface area (Å²) in [6, 6.07) is 22.9. The third-order valence-electron chi connectivity index (χ3n) is 10.1. The normalized spacial score (nSPS) is 19.1. The van der Waals surface area contributed by atoms with Crippen LogP contribution >= 0.6 is 0 Å². The van der Waals surface area contributed by atoms with Crippen molar-refractivity contribution in [2.75, 3.05) is 44.8 Å². The number of carbonyl (C=O) groups is 4. The van der Waals surface area contributed by atoms with Gasteiger partial charge < -0.3 is 25.0 Å². The Morgan fingerprint density at radius 2 is 1.59 bits per heavy atom. The summed E-state index contributed by atoms with van der Waals surface area (Å²) in [6.07, 6.45) is 3.17. The van der Waals surface area contributed by atoms with Gasteiger partial charge in [-0.05, 0) is 112 Å². The molecule has 0 aromatic heterocycles. The molecular formula is C42H50N6O6. The molecule has 1 saturated carbocycles. The number of alkyl carbamates (subject to hydrolysis) is 1. The number of amidine groups is 1. The van der Waals surface area contributed by atoms with E-state index in [-0.39, 0.29) is 35.9 Å². The molecule has 1 saturated heterocycles. The van der Waals surface area contributed by atoms with Crippen molar-refractivity contribution in [2.24, 2.45) is 33.0 Å². The number of benzene rings is 3. The molecule has 3 amide bonds. The maximum absolute atomic E-state index is 13.9. The molecule has 12 heteroatoms. The molecule has 284 valence electrons. The second kappa shape index (κ2) is 17.7. The number of hydrogen-bond donors (Lipinski definition) is 2. The summed E-state index contributed by atoms with van der Waals surface area (Å²) in [5.41, 5.74) is 4.33. The van der Waals surface area contributed by atoms with Crippen molar-refractivity contribution in [3.05, 3.63) is 89.5 Å². The number of amides is 3. The van der Waals surface area contributed by atoms with Crippen LogP contribution in [-0.4, -0.2) is 79.5 Å². The van der Waals surface area contributed by atoms with E-state index in [4.69, 9.17) is 9.47 Å². The maximum Gasteiger partial charge on any atom is 0.407 e. The van der Waals surface area contributed by atoms with Crippen LogP contribution in [0.25, 0.3) is 11.1 Å². The highest BCUT2D eigenvalue weighted by atomic mass is 16.6. The minimum Gasteiger partial charge on any atom is -0.444 e. The second-order valence-electron chi connectivity index (χ2n) is 15.3. The van der Waals surface area contributed by atoms with Gasteiger partial charge in [0.05, 0.1) is 13.2 Å². The first-order chi connectivity index (χ1) is 26.0. The van der Waals surface area contributed by atoms with E-state index in [2.05, 4.69) is 25.9 Å². The minimum absolute atomic E-state index is 0.00584. The van der Waals surface area contributed by atoms with Gasteiger partial charge in [-0.25, -0.2) is 9.79 Å². The van der Waals surface area contributed by atoms with Crippen LogP contribution in [0, 0.1) is 17.8 Å². The lowest BCUT2D eigenvalue weighted by Crippen LogP contribution is -2.40. The Kier molecular flexibility index (Phi) is 12.6. The van der Waals surface area contributed by atoms with E-state index in [1.165, 1.54) is 0 Å². The van der Waals surface area contributed by atoms with Crippen LogP contribution in [0.15, 0.2) is 88.0 Å². The first-order valence-electron chi connectivity index (χ1n) is 18.9. The van der Waals surface area contributed by atoms with Crippen LogP contribution < -0.4 is 10.6 Å². The van der Waals surface area contributed by atoms with Crippen molar-refractivity contribution < 1.29 is 28.7 Å². The number of ketones is 1. The van der Waals surface area contributed by atoms with Crippen LogP contribution in [0.4, 0.5) is 10.5 Å². The van der Waals surface area contributed by atoms with Gasteiger partial charge in [-0.3, -0.25) is 14.4 Å². The van der Waals surface area contributed by atoms with Crippen molar-refractivity contribution in [3.63, 3.8) is 0 Å². The third-order valence-corrected chi connectivity index (χ3v) is 10.1. The summed E-state index contributed by atoms with van der Waals surface area (Å²) in [5.74, 6) is -0.0171. The maximum atomic E-state index is 13.9. The Balaban J connectivity index is 1.11. The summed E-state index contributed by atoms with van der Waals surface area (Å²) in [7, 11) is 0. The standard InChI is InChI=1S/C42H50N6O6/c1-42(2,3)54-41(52)43-26-29-9-13-31(14-10-29)37(49)25-35(39(50)46-36-17-15-32(16-18-36)38-44-27-45-47-38)23-28-7-11-30(12-8-28)33-5-4-6-34(24-33)40(51)48-19-21-53-22-20-48/h4-8,11-12,15-18,24,29,31,35H,9-10,13-14,19-23,25-27H2,1-3H3,(H,43,52)(H,46,50)/t29?,31?,35-/m1/s1. The first-order valence-corrected chi connectivity index (χ1v) is 18.9. The van der Waals surface area contributed by atoms with Crippen molar-refractivity contribution >= 4 is 35.2 Å². The van der Waals surface area contributed by atoms with Crippen molar-refractivity contribution in [2.45, 2.75) is 64.9 Å². The summed E-state index contributed by atoms with van der Waals surface area (Å²) in [5, 5.41) is 13.9. The predicted octanol–water partition coefficient (Wildman–Crippen LogP) is 7.08. The number of hydrogen-bond acceptors (Lipinski definition) is 9. The topological polar surface area (TPSA) is 151 Å². The molecule has 2 heterocycles. The minimum atomic E-state index is -0.586. The molecule has 0 spiro atoms. The lowest BCUT2D eigenvalue weighted by molar-refractivity contribution is -0.129. The van der Waals surface area contributed by atoms with E-state index in [0.29, 0.717) is 63.0 Å². The molecule has 3 aromatic rings. The number of anilines is 1. The zero-order valence-electron chi connectivity index (χ0n) is 31.4. The van der Waals surface area contributed by atoms with Gasteiger partial charge in [0.25, 0.3) is 5.91 Å². The number of ether oxygens (including phenoxy) is 2. The van der Waals surface area contributed by atoms with E-state index < -0.39 is 17.6 Å². The van der Waals surface area contributed by atoms with Crippen molar-refractivity contribution in [1.82, 2.24) is 10.2 Å². The van der Waals surface area contributed by atoms with Gasteiger partial charge in [-0.1, -0.05) is 36.4 Å². The number of rotatable bonds is 12. The molecule has 54 heavy (non-hydrogen) atoms. The van der Waals surface area contributed by atoms with E-state index in [9.17, 15) is 19.2 Å². The molecule has 3 aromatic carbocycles. The van der Waals surface area contributed by atoms with Gasteiger partial charge in [0.1, 0.15) is 11.4 Å². The van der Waals surface area contributed by atoms with Crippen LogP contribution in [-0.2, 0) is 25.5 Å². The largest absolute Gasteiger partial charge is 0.444 e. The van der Waals surface area contributed by atoms with Crippen molar-refractivity contribution in [1.29, 1.82) is 0 Å². The van der Waals surface area contributed by atoms with Crippen LogP contribution in [0.1, 0.15) is 74.4 Å². The fourth-order valence-electron chi connectivity index (χ4n) is 7.12. The molecule has 2 fully saturated rings. The number of azo groups is 1. The zero-order valence-corrected chi connectivity index (χ0v) is 31.4. The molecule has 1 aliphatic carbocycles. The summed E-state index contributed by atoms with van der Waals surface area (Å²) in [4.78, 5) is 59.0. The molecule has 3 aliphatic rings. The second-order valence-corrected chi connectivity index (χ2v) is 15.3. The Hall–Kier alpha value is -5.23. The summed E-state index contributed by atoms with van der Waals surface area (Å²) in [6.45, 7) is 8.58. The fraction of sp³-hybridized carbons (Fsp3) is 0.452. The Bertz CT molecular complexity index is 1850.